The zero-order valence-electron chi connectivity index (χ0n) is 11.4. The maximum atomic E-state index is 12.0. The molecule has 0 radical (unpaired) electrons. The number of anilines is 1. The molecule has 4 heteroatoms. The Labute approximate surface area is 117 Å². The average molecular weight is 313 g/mol. The standard InChI is InChI=1S/C14H21BrN2O/c1-9(14(2,3)4)8-17-13(18)10-5-6-11(15)12(16)7-10/h5-7,9H,8,16H2,1-4H3,(H,17,18). The molecule has 0 spiro atoms. The van der Waals surface area contributed by atoms with E-state index in [4.69, 9.17) is 5.73 Å². The normalized spacial score (nSPS) is 13.2. The summed E-state index contributed by atoms with van der Waals surface area (Å²) in [6.07, 6.45) is 0. The molecule has 1 amide bonds. The zero-order chi connectivity index (χ0) is 13.9. The Bertz CT molecular complexity index is 438. The van der Waals surface area contributed by atoms with E-state index in [1.807, 2.05) is 0 Å². The highest BCUT2D eigenvalue weighted by molar-refractivity contribution is 9.10. The molecule has 1 aromatic rings. The van der Waals surface area contributed by atoms with E-state index >= 15 is 0 Å². The Hall–Kier alpha value is -1.03. The van der Waals surface area contributed by atoms with Gasteiger partial charge >= 0.3 is 0 Å². The van der Waals surface area contributed by atoms with Crippen molar-refractivity contribution in [3.63, 3.8) is 0 Å². The summed E-state index contributed by atoms with van der Waals surface area (Å²) in [6, 6.07) is 5.23. The first-order valence-corrected chi connectivity index (χ1v) is 6.84. The molecule has 0 heterocycles. The third kappa shape index (κ3) is 4.02. The number of rotatable bonds is 3. The van der Waals surface area contributed by atoms with Crippen molar-refractivity contribution in [1.29, 1.82) is 0 Å². The van der Waals surface area contributed by atoms with E-state index in [1.165, 1.54) is 0 Å². The second-order valence-corrected chi connectivity index (χ2v) is 6.57. The Morgan fingerprint density at radius 2 is 2.06 bits per heavy atom. The lowest BCUT2D eigenvalue weighted by atomic mass is 9.82. The Kier molecular flexibility index (Phi) is 4.79. The van der Waals surface area contributed by atoms with Crippen LogP contribution in [-0.2, 0) is 0 Å². The third-order valence-electron chi connectivity index (χ3n) is 3.31. The van der Waals surface area contributed by atoms with Gasteiger partial charge in [-0.3, -0.25) is 4.79 Å². The van der Waals surface area contributed by atoms with Gasteiger partial charge in [0.25, 0.3) is 5.91 Å². The van der Waals surface area contributed by atoms with Crippen molar-refractivity contribution in [2.24, 2.45) is 11.3 Å². The highest BCUT2D eigenvalue weighted by atomic mass is 79.9. The molecule has 0 saturated carbocycles. The first-order valence-electron chi connectivity index (χ1n) is 6.05. The second-order valence-electron chi connectivity index (χ2n) is 5.71. The van der Waals surface area contributed by atoms with Crippen molar-refractivity contribution in [2.45, 2.75) is 27.7 Å². The number of carbonyl (C=O) groups is 1. The summed E-state index contributed by atoms with van der Waals surface area (Å²) in [5.41, 5.74) is 7.11. The van der Waals surface area contributed by atoms with Gasteiger partial charge in [-0.25, -0.2) is 0 Å². The van der Waals surface area contributed by atoms with Gasteiger partial charge in [0, 0.05) is 22.3 Å². The van der Waals surface area contributed by atoms with E-state index in [2.05, 4.69) is 48.9 Å². The predicted molar refractivity (Wildman–Crippen MR) is 79.5 cm³/mol. The first-order chi connectivity index (χ1) is 8.21. The van der Waals surface area contributed by atoms with Crippen LogP contribution in [0, 0.1) is 11.3 Å². The van der Waals surface area contributed by atoms with Crippen LogP contribution in [0.15, 0.2) is 22.7 Å². The molecule has 3 N–H and O–H groups in total. The topological polar surface area (TPSA) is 55.1 Å². The van der Waals surface area contributed by atoms with Crippen molar-refractivity contribution < 1.29 is 4.79 Å². The average Bonchev–Trinajstić information content (AvgIpc) is 2.27. The van der Waals surface area contributed by atoms with Crippen LogP contribution >= 0.6 is 15.9 Å². The van der Waals surface area contributed by atoms with E-state index in [1.54, 1.807) is 18.2 Å². The molecule has 100 valence electrons. The van der Waals surface area contributed by atoms with E-state index in [9.17, 15) is 4.79 Å². The summed E-state index contributed by atoms with van der Waals surface area (Å²) >= 11 is 3.31. The summed E-state index contributed by atoms with van der Waals surface area (Å²) in [4.78, 5) is 12.0. The molecule has 1 aromatic carbocycles. The van der Waals surface area contributed by atoms with Gasteiger partial charge in [-0.15, -0.1) is 0 Å². The van der Waals surface area contributed by atoms with E-state index in [0.717, 1.165) is 4.47 Å². The number of nitrogen functional groups attached to an aromatic ring is 1. The quantitative estimate of drug-likeness (QED) is 0.840. The van der Waals surface area contributed by atoms with Gasteiger partial charge in [-0.05, 0) is 45.5 Å². The van der Waals surface area contributed by atoms with Crippen molar-refractivity contribution >= 4 is 27.5 Å². The third-order valence-corrected chi connectivity index (χ3v) is 4.03. The molecule has 1 rings (SSSR count). The lowest BCUT2D eigenvalue weighted by Gasteiger charge is -2.27. The maximum Gasteiger partial charge on any atom is 0.251 e. The first kappa shape index (κ1) is 15.0. The lowest BCUT2D eigenvalue weighted by Crippen LogP contribution is -2.33. The van der Waals surface area contributed by atoms with Crippen LogP contribution in [0.5, 0.6) is 0 Å². The zero-order valence-corrected chi connectivity index (χ0v) is 13.0. The lowest BCUT2D eigenvalue weighted by molar-refractivity contribution is 0.0937. The fourth-order valence-electron chi connectivity index (χ4n) is 1.34. The van der Waals surface area contributed by atoms with Crippen molar-refractivity contribution in [3.05, 3.63) is 28.2 Å². The molecule has 1 unspecified atom stereocenters. The Morgan fingerprint density at radius 1 is 1.44 bits per heavy atom. The number of nitrogens with two attached hydrogens (primary N) is 1. The smallest absolute Gasteiger partial charge is 0.251 e. The molecular formula is C14H21BrN2O. The molecule has 0 aliphatic carbocycles. The summed E-state index contributed by atoms with van der Waals surface area (Å²) in [7, 11) is 0. The summed E-state index contributed by atoms with van der Waals surface area (Å²) < 4.78 is 0.808. The molecule has 0 aliphatic heterocycles. The molecule has 0 saturated heterocycles. The van der Waals surface area contributed by atoms with Crippen LogP contribution in [-0.4, -0.2) is 12.5 Å². The van der Waals surface area contributed by atoms with Crippen LogP contribution in [0.2, 0.25) is 0 Å². The maximum absolute atomic E-state index is 12.0. The molecule has 0 bridgehead atoms. The van der Waals surface area contributed by atoms with Crippen LogP contribution in [0.3, 0.4) is 0 Å². The summed E-state index contributed by atoms with van der Waals surface area (Å²) in [5.74, 6) is 0.333. The largest absolute Gasteiger partial charge is 0.398 e. The van der Waals surface area contributed by atoms with E-state index in [0.29, 0.717) is 23.7 Å². The SMILES string of the molecule is CC(CNC(=O)c1ccc(Br)c(N)c1)C(C)(C)C. The van der Waals surface area contributed by atoms with Gasteiger partial charge in [0.2, 0.25) is 0 Å². The molecule has 3 nitrogen and oxygen atoms in total. The van der Waals surface area contributed by atoms with Crippen LogP contribution in [0.1, 0.15) is 38.1 Å². The van der Waals surface area contributed by atoms with Crippen molar-refractivity contribution in [3.8, 4) is 0 Å². The molecule has 0 aliphatic rings. The number of hydrogen-bond donors (Lipinski definition) is 2. The number of hydrogen-bond acceptors (Lipinski definition) is 2. The second kappa shape index (κ2) is 5.74. The minimum absolute atomic E-state index is 0.0784. The van der Waals surface area contributed by atoms with Gasteiger partial charge in [-0.2, -0.15) is 0 Å². The van der Waals surface area contributed by atoms with Gasteiger partial charge < -0.3 is 11.1 Å². The van der Waals surface area contributed by atoms with Gasteiger partial charge in [0.15, 0.2) is 0 Å². The highest BCUT2D eigenvalue weighted by Gasteiger charge is 2.20. The number of amides is 1. The van der Waals surface area contributed by atoms with Crippen LogP contribution in [0.4, 0.5) is 5.69 Å². The summed E-state index contributed by atoms with van der Waals surface area (Å²) in [5, 5.41) is 2.94. The molecule has 18 heavy (non-hydrogen) atoms. The number of carbonyl (C=O) groups excluding carboxylic acids is 1. The van der Waals surface area contributed by atoms with Gasteiger partial charge in [-0.1, -0.05) is 27.7 Å². The van der Waals surface area contributed by atoms with Crippen LogP contribution in [0.25, 0.3) is 0 Å². The monoisotopic (exact) mass is 312 g/mol. The van der Waals surface area contributed by atoms with Gasteiger partial charge in [0.05, 0.1) is 0 Å². The highest BCUT2D eigenvalue weighted by Crippen LogP contribution is 2.24. The predicted octanol–water partition coefficient (Wildman–Crippen LogP) is 3.44. The fraction of sp³-hybridized carbons (Fsp3) is 0.500. The van der Waals surface area contributed by atoms with Gasteiger partial charge in [0.1, 0.15) is 0 Å². The van der Waals surface area contributed by atoms with Crippen LogP contribution < -0.4 is 11.1 Å². The fourth-order valence-corrected chi connectivity index (χ4v) is 1.59. The number of nitrogens with one attached hydrogen (secondary N) is 1. The van der Waals surface area contributed by atoms with E-state index < -0.39 is 0 Å². The van der Waals surface area contributed by atoms with Crippen molar-refractivity contribution in [2.75, 3.05) is 12.3 Å². The number of benzene rings is 1. The summed E-state index contributed by atoms with van der Waals surface area (Å²) in [6.45, 7) is 9.30. The number of halogens is 1. The molecule has 0 fully saturated rings. The van der Waals surface area contributed by atoms with E-state index in [-0.39, 0.29) is 11.3 Å². The Morgan fingerprint density at radius 3 is 2.56 bits per heavy atom. The minimum Gasteiger partial charge on any atom is -0.398 e. The Balaban J connectivity index is 2.63. The molecule has 0 aromatic heterocycles. The minimum atomic E-state index is -0.0784. The molecule has 1 atom stereocenters. The van der Waals surface area contributed by atoms with Crippen molar-refractivity contribution in [1.82, 2.24) is 5.32 Å². The molecular weight excluding hydrogens is 292 g/mol.